The summed E-state index contributed by atoms with van der Waals surface area (Å²) < 4.78 is 0. The first kappa shape index (κ1) is 28.5. The van der Waals surface area contributed by atoms with Crippen molar-refractivity contribution in [3.05, 3.63) is 163 Å². The molecule has 5 heterocycles. The smallest absolute Gasteiger partial charge is 0.151 e. The maximum Gasteiger partial charge on any atom is 0.151 e. The average Bonchev–Trinajstić information content (AvgIpc) is 3.98. The van der Waals surface area contributed by atoms with E-state index in [9.17, 15) is 5.11 Å². The molecule has 0 amide bonds. The van der Waals surface area contributed by atoms with Crippen molar-refractivity contribution in [1.82, 2.24) is 15.0 Å². The first-order chi connectivity index (χ1) is 24.2. The minimum absolute atomic E-state index is 0.122. The zero-order valence-corrected chi connectivity index (χ0v) is 26.4. The molecule has 0 saturated carbocycles. The van der Waals surface area contributed by atoms with Gasteiger partial charge >= 0.3 is 0 Å². The molecule has 0 unspecified atom stereocenters. The lowest BCUT2D eigenvalue weighted by atomic mass is 9.99. The van der Waals surface area contributed by atoms with Crippen LogP contribution in [0.5, 0.6) is 5.75 Å². The molecule has 2 aliphatic rings. The van der Waals surface area contributed by atoms with Gasteiger partial charge in [-0.05, 0) is 58.7 Å². The molecule has 0 spiro atoms. The standard InChI is InChI=1S/C44H30N4O/c49-44-32-27-45-43(44)42(31-19-11-4-12-20-31)38-26-25-37(48-38)41(30-17-9-3-10-18-30)36-24-23-35(47-36)40(29-15-7-2-8-16-29)34-22-21-33(46-34)39(32)28-13-5-1-6-14-28/h1-27,46,48-49H. The summed E-state index contributed by atoms with van der Waals surface area (Å²) in [5.74, 6) is 0.122. The van der Waals surface area contributed by atoms with Crippen LogP contribution in [0.2, 0.25) is 0 Å². The molecule has 5 nitrogen and oxygen atoms in total. The van der Waals surface area contributed by atoms with Crippen LogP contribution >= 0.6 is 0 Å². The number of aromatic nitrogens is 3. The predicted octanol–water partition coefficient (Wildman–Crippen LogP) is 11.2. The fourth-order valence-electron chi connectivity index (χ4n) is 6.94. The highest BCUT2D eigenvalue weighted by atomic mass is 16.3. The van der Waals surface area contributed by atoms with Gasteiger partial charge in [0.05, 0.1) is 11.4 Å². The molecular formula is C44H30N4O. The van der Waals surface area contributed by atoms with E-state index in [2.05, 4.69) is 107 Å². The summed E-state index contributed by atoms with van der Waals surface area (Å²) in [6, 6.07) is 49.3. The van der Waals surface area contributed by atoms with Gasteiger partial charge in [0.25, 0.3) is 0 Å². The summed E-state index contributed by atoms with van der Waals surface area (Å²) in [4.78, 5) is 17.7. The number of hydrogen-bond acceptors (Lipinski definition) is 3. The Bertz CT molecular complexity index is 2410. The topological polar surface area (TPSA) is 77.1 Å². The van der Waals surface area contributed by atoms with Gasteiger partial charge in [0, 0.05) is 56.1 Å². The Kier molecular flexibility index (Phi) is 6.87. The predicted molar refractivity (Wildman–Crippen MR) is 203 cm³/mol. The van der Waals surface area contributed by atoms with Gasteiger partial charge in [-0.2, -0.15) is 0 Å². The second-order valence-electron chi connectivity index (χ2n) is 12.1. The number of rotatable bonds is 4. The lowest BCUT2D eigenvalue weighted by Gasteiger charge is -2.08. The second-order valence-corrected chi connectivity index (χ2v) is 12.1. The number of nitrogens with one attached hydrogen (secondary N) is 2. The summed E-state index contributed by atoms with van der Waals surface area (Å²) >= 11 is 0. The van der Waals surface area contributed by atoms with Crippen molar-refractivity contribution in [2.45, 2.75) is 0 Å². The Morgan fingerprint density at radius 1 is 0.408 bits per heavy atom. The van der Waals surface area contributed by atoms with Crippen molar-refractivity contribution >= 4 is 46.1 Å². The first-order valence-corrected chi connectivity index (χ1v) is 16.3. The number of H-pyrrole nitrogens is 2. The van der Waals surface area contributed by atoms with Gasteiger partial charge in [-0.1, -0.05) is 121 Å². The van der Waals surface area contributed by atoms with Crippen LogP contribution in [0.1, 0.15) is 17.0 Å². The molecule has 8 bridgehead atoms. The minimum Gasteiger partial charge on any atom is -0.505 e. The number of aromatic hydroxyl groups is 1. The maximum absolute atomic E-state index is 12.2. The van der Waals surface area contributed by atoms with Crippen molar-refractivity contribution in [1.29, 1.82) is 0 Å². The van der Waals surface area contributed by atoms with Gasteiger partial charge in [-0.3, -0.25) is 4.99 Å². The van der Waals surface area contributed by atoms with E-state index >= 15 is 0 Å². The Morgan fingerprint density at radius 3 is 1.22 bits per heavy atom. The molecule has 49 heavy (non-hydrogen) atoms. The molecule has 3 aromatic heterocycles. The van der Waals surface area contributed by atoms with E-state index in [1.807, 2.05) is 60.7 Å². The van der Waals surface area contributed by atoms with E-state index < -0.39 is 0 Å². The largest absolute Gasteiger partial charge is 0.505 e. The Hall–Kier alpha value is -6.72. The Morgan fingerprint density at radius 2 is 0.776 bits per heavy atom. The van der Waals surface area contributed by atoms with Crippen LogP contribution in [-0.4, -0.2) is 26.3 Å². The zero-order valence-electron chi connectivity index (χ0n) is 26.4. The van der Waals surface area contributed by atoms with Crippen LogP contribution in [0.25, 0.3) is 78.7 Å². The molecule has 7 aromatic rings. The monoisotopic (exact) mass is 630 g/mol. The molecule has 0 aliphatic carbocycles. The summed E-state index contributed by atoms with van der Waals surface area (Å²) in [5.41, 5.74) is 14.1. The molecule has 0 saturated heterocycles. The molecule has 0 atom stereocenters. The van der Waals surface area contributed by atoms with Gasteiger partial charge in [-0.15, -0.1) is 0 Å². The van der Waals surface area contributed by atoms with Gasteiger partial charge in [0.2, 0.25) is 0 Å². The lowest BCUT2D eigenvalue weighted by Crippen LogP contribution is -1.88. The molecule has 5 heteroatoms. The summed E-state index contributed by atoms with van der Waals surface area (Å²) in [5, 5.41) is 12.2. The number of nitrogens with zero attached hydrogens (tertiary/aromatic N) is 2. The van der Waals surface area contributed by atoms with Crippen molar-refractivity contribution in [2.75, 3.05) is 0 Å². The Labute approximate surface area is 283 Å². The third kappa shape index (κ3) is 4.96. The molecule has 0 radical (unpaired) electrons. The number of aliphatic imine (C=N–C) groups is 1. The molecule has 4 aromatic carbocycles. The van der Waals surface area contributed by atoms with Gasteiger partial charge < -0.3 is 15.1 Å². The van der Waals surface area contributed by atoms with E-state index in [-0.39, 0.29) is 5.75 Å². The van der Waals surface area contributed by atoms with Crippen LogP contribution in [0, 0.1) is 0 Å². The fraction of sp³-hybridized carbons (Fsp3) is 0. The van der Waals surface area contributed by atoms with Crippen LogP contribution in [0.15, 0.2) is 151 Å². The van der Waals surface area contributed by atoms with Gasteiger partial charge in [0.15, 0.2) is 5.75 Å². The van der Waals surface area contributed by atoms with E-state index in [4.69, 9.17) is 9.98 Å². The van der Waals surface area contributed by atoms with Crippen LogP contribution in [0.3, 0.4) is 0 Å². The number of benzene rings is 4. The molecule has 0 fully saturated rings. The number of hydrogen-bond donors (Lipinski definition) is 3. The first-order valence-electron chi connectivity index (χ1n) is 16.3. The average molecular weight is 631 g/mol. The third-order valence-corrected chi connectivity index (χ3v) is 9.16. The van der Waals surface area contributed by atoms with E-state index in [1.54, 1.807) is 6.21 Å². The lowest BCUT2D eigenvalue weighted by molar-refractivity contribution is 0.478. The summed E-state index contributed by atoms with van der Waals surface area (Å²) in [6.45, 7) is 0. The number of aromatic amines is 2. The Balaban J connectivity index is 1.51. The van der Waals surface area contributed by atoms with Crippen molar-refractivity contribution in [3.63, 3.8) is 0 Å². The van der Waals surface area contributed by atoms with Crippen molar-refractivity contribution in [3.8, 4) is 50.3 Å². The molecule has 2 aliphatic heterocycles. The highest BCUT2D eigenvalue weighted by Gasteiger charge is 2.22. The third-order valence-electron chi connectivity index (χ3n) is 9.16. The van der Waals surface area contributed by atoms with Crippen LogP contribution < -0.4 is 0 Å². The number of fused-ring (bicyclic) bond motifs is 8. The SMILES string of the molecule is Oc1c2c(-c3ccccc3)c3ccc([nH]3)c(-c3ccccc3)c3nc(c(-c4ccccc4)c4ccc([nH]4)c(-c4ccccc4)c1N=C2)C=C3. The molecule has 232 valence electrons. The minimum atomic E-state index is 0.122. The quantitative estimate of drug-likeness (QED) is 0.181. The van der Waals surface area contributed by atoms with Gasteiger partial charge in [-0.25, -0.2) is 4.98 Å². The molecule has 3 N–H and O–H groups in total. The van der Waals surface area contributed by atoms with Crippen LogP contribution in [-0.2, 0) is 0 Å². The zero-order chi connectivity index (χ0) is 32.7. The van der Waals surface area contributed by atoms with Crippen molar-refractivity contribution in [2.24, 2.45) is 4.99 Å². The highest BCUT2D eigenvalue weighted by molar-refractivity contribution is 6.08. The second kappa shape index (κ2) is 11.8. The van der Waals surface area contributed by atoms with E-state index in [0.29, 0.717) is 11.3 Å². The van der Waals surface area contributed by atoms with Gasteiger partial charge in [0.1, 0.15) is 5.69 Å². The van der Waals surface area contributed by atoms with Crippen molar-refractivity contribution < 1.29 is 5.11 Å². The molecular weight excluding hydrogens is 601 g/mol. The summed E-state index contributed by atoms with van der Waals surface area (Å²) in [6.07, 6.45) is 5.99. The molecule has 9 rings (SSSR count). The van der Waals surface area contributed by atoms with E-state index in [0.717, 1.165) is 78.0 Å². The fourth-order valence-corrected chi connectivity index (χ4v) is 6.94. The van der Waals surface area contributed by atoms with Crippen LogP contribution in [0.4, 0.5) is 5.69 Å². The normalized spacial score (nSPS) is 12.0. The maximum atomic E-state index is 12.2. The van der Waals surface area contributed by atoms with E-state index in [1.165, 1.54) is 0 Å². The highest BCUT2D eigenvalue weighted by Crippen LogP contribution is 2.46. The summed E-state index contributed by atoms with van der Waals surface area (Å²) in [7, 11) is 0.